The molecule has 0 aromatic carbocycles. The average molecular weight is 283 g/mol. The fourth-order valence-electron chi connectivity index (χ4n) is 1.45. The smallest absolute Gasteiger partial charge is 0.323 e. The van der Waals surface area contributed by atoms with Crippen LogP contribution >= 0.6 is 11.3 Å². The molecule has 2 amide bonds. The van der Waals surface area contributed by atoms with E-state index < -0.39 is 12.0 Å². The van der Waals surface area contributed by atoms with Crippen LogP contribution in [0.25, 0.3) is 0 Å². The first-order valence-electron chi connectivity index (χ1n) is 5.74. The molecule has 0 aliphatic heterocycles. The molecule has 0 radical (unpaired) electrons. The maximum absolute atomic E-state index is 11.9. The van der Waals surface area contributed by atoms with Gasteiger partial charge in [-0.1, -0.05) is 6.08 Å². The molecule has 0 aliphatic rings. The number of carbonyl (C=O) groups is 2. The van der Waals surface area contributed by atoms with Crippen LogP contribution in [0, 0.1) is 6.92 Å². The van der Waals surface area contributed by atoms with Crippen molar-refractivity contribution >= 4 is 23.3 Å². The summed E-state index contributed by atoms with van der Waals surface area (Å²) in [7, 11) is 0. The average Bonchev–Trinajstić information content (AvgIpc) is 2.74. The van der Waals surface area contributed by atoms with E-state index in [1.807, 2.05) is 13.8 Å². The van der Waals surface area contributed by atoms with Crippen molar-refractivity contribution in [3.8, 4) is 0 Å². The van der Waals surface area contributed by atoms with E-state index in [-0.39, 0.29) is 19.1 Å². The molecule has 104 valence electrons. The van der Waals surface area contributed by atoms with Gasteiger partial charge in [0.05, 0.1) is 6.04 Å². The standard InChI is InChI=1S/C12H17N3O3S/c1-4-5-15(7-10(16)17)12(18)14-9(3)11-13-6-8(2)19-11/h4,6,9H,1,5,7H2,2-3H3,(H,14,18)(H,16,17). The van der Waals surface area contributed by atoms with Gasteiger partial charge in [0.2, 0.25) is 0 Å². The number of carbonyl (C=O) groups excluding carboxylic acids is 1. The van der Waals surface area contributed by atoms with Gasteiger partial charge < -0.3 is 15.3 Å². The SMILES string of the molecule is C=CCN(CC(=O)O)C(=O)NC(C)c1ncc(C)s1. The molecule has 0 saturated carbocycles. The highest BCUT2D eigenvalue weighted by Gasteiger charge is 2.19. The molecular formula is C12H17N3O3S. The third kappa shape index (κ3) is 4.70. The highest BCUT2D eigenvalue weighted by Crippen LogP contribution is 2.19. The monoisotopic (exact) mass is 283 g/mol. The largest absolute Gasteiger partial charge is 0.480 e. The summed E-state index contributed by atoms with van der Waals surface area (Å²) in [6, 6.07) is -0.699. The normalized spacial score (nSPS) is 11.7. The summed E-state index contributed by atoms with van der Waals surface area (Å²) in [6.07, 6.45) is 3.22. The Hall–Kier alpha value is -1.89. The molecule has 1 rings (SSSR count). The van der Waals surface area contributed by atoms with Gasteiger partial charge in [-0.25, -0.2) is 9.78 Å². The number of carboxylic acid groups (broad SMARTS) is 1. The Bertz CT molecular complexity index is 473. The molecule has 1 unspecified atom stereocenters. The van der Waals surface area contributed by atoms with Crippen molar-refractivity contribution in [2.45, 2.75) is 19.9 Å². The third-order valence-corrected chi connectivity index (χ3v) is 3.41. The number of aromatic nitrogens is 1. The molecule has 0 fully saturated rings. The van der Waals surface area contributed by atoms with Gasteiger partial charge in [-0.05, 0) is 13.8 Å². The van der Waals surface area contributed by atoms with E-state index in [1.54, 1.807) is 6.20 Å². The Kier molecular flexibility index (Phi) is 5.50. The molecule has 1 aromatic heterocycles. The summed E-state index contributed by atoms with van der Waals surface area (Å²) in [5, 5.41) is 12.3. The summed E-state index contributed by atoms with van der Waals surface area (Å²) in [5.41, 5.74) is 0. The number of carboxylic acids is 1. The van der Waals surface area contributed by atoms with E-state index in [9.17, 15) is 9.59 Å². The Balaban J connectivity index is 2.65. The second kappa shape index (κ2) is 6.89. The van der Waals surface area contributed by atoms with Crippen LogP contribution in [0.3, 0.4) is 0 Å². The summed E-state index contributed by atoms with van der Waals surface area (Å²) in [6.45, 7) is 7.07. The minimum atomic E-state index is -1.06. The Morgan fingerprint density at radius 1 is 1.68 bits per heavy atom. The van der Waals surface area contributed by atoms with E-state index in [4.69, 9.17) is 5.11 Å². The van der Waals surface area contributed by atoms with Crippen LogP contribution in [0.5, 0.6) is 0 Å². The van der Waals surface area contributed by atoms with E-state index in [1.165, 1.54) is 22.3 Å². The Morgan fingerprint density at radius 3 is 2.84 bits per heavy atom. The Labute approximate surface area is 115 Å². The molecule has 1 atom stereocenters. The number of aliphatic carboxylic acids is 1. The van der Waals surface area contributed by atoms with Gasteiger partial charge in [0.15, 0.2) is 0 Å². The molecule has 0 aliphatic carbocycles. The topological polar surface area (TPSA) is 82.5 Å². The van der Waals surface area contributed by atoms with E-state index in [0.717, 1.165) is 9.88 Å². The van der Waals surface area contributed by atoms with Crippen molar-refractivity contribution in [2.24, 2.45) is 0 Å². The number of aryl methyl sites for hydroxylation is 1. The highest BCUT2D eigenvalue weighted by molar-refractivity contribution is 7.11. The van der Waals surface area contributed by atoms with E-state index in [2.05, 4.69) is 16.9 Å². The minimum Gasteiger partial charge on any atom is -0.480 e. The van der Waals surface area contributed by atoms with Crippen LogP contribution in [0.15, 0.2) is 18.9 Å². The first-order valence-corrected chi connectivity index (χ1v) is 6.56. The van der Waals surface area contributed by atoms with Crippen molar-refractivity contribution in [3.63, 3.8) is 0 Å². The lowest BCUT2D eigenvalue weighted by atomic mass is 10.3. The van der Waals surface area contributed by atoms with E-state index in [0.29, 0.717) is 0 Å². The summed E-state index contributed by atoms with van der Waals surface area (Å²) in [4.78, 5) is 29.0. The number of amides is 2. The van der Waals surface area contributed by atoms with Crippen LogP contribution in [0.2, 0.25) is 0 Å². The van der Waals surface area contributed by atoms with Crippen LogP contribution in [-0.2, 0) is 4.79 Å². The van der Waals surface area contributed by atoms with Gasteiger partial charge in [-0.2, -0.15) is 0 Å². The number of hydrogen-bond donors (Lipinski definition) is 2. The molecule has 2 N–H and O–H groups in total. The zero-order chi connectivity index (χ0) is 14.4. The molecule has 0 spiro atoms. The number of hydrogen-bond acceptors (Lipinski definition) is 4. The lowest BCUT2D eigenvalue weighted by molar-refractivity contribution is -0.137. The summed E-state index contributed by atoms with van der Waals surface area (Å²) in [5.74, 6) is -1.06. The highest BCUT2D eigenvalue weighted by atomic mass is 32.1. The maximum atomic E-state index is 11.9. The van der Waals surface area contributed by atoms with Gasteiger partial charge in [0, 0.05) is 17.6 Å². The van der Waals surface area contributed by atoms with Crippen molar-refractivity contribution < 1.29 is 14.7 Å². The van der Waals surface area contributed by atoms with Crippen molar-refractivity contribution in [1.29, 1.82) is 0 Å². The van der Waals surface area contributed by atoms with Crippen molar-refractivity contribution in [1.82, 2.24) is 15.2 Å². The number of nitrogens with zero attached hydrogens (tertiary/aromatic N) is 2. The quantitative estimate of drug-likeness (QED) is 0.780. The van der Waals surface area contributed by atoms with Gasteiger partial charge in [0.1, 0.15) is 11.6 Å². The van der Waals surface area contributed by atoms with Crippen LogP contribution in [-0.4, -0.2) is 40.1 Å². The molecule has 1 aromatic rings. The predicted octanol–water partition coefficient (Wildman–Crippen LogP) is 1.79. The lowest BCUT2D eigenvalue weighted by Crippen LogP contribution is -2.43. The molecule has 7 heteroatoms. The second-order valence-electron chi connectivity index (χ2n) is 4.04. The number of rotatable bonds is 6. The summed E-state index contributed by atoms with van der Waals surface area (Å²) >= 11 is 1.50. The number of urea groups is 1. The first kappa shape index (κ1) is 15.2. The predicted molar refractivity (Wildman–Crippen MR) is 73.2 cm³/mol. The van der Waals surface area contributed by atoms with Gasteiger partial charge in [-0.15, -0.1) is 17.9 Å². The fraction of sp³-hybridized carbons (Fsp3) is 0.417. The fourth-order valence-corrected chi connectivity index (χ4v) is 2.23. The zero-order valence-electron chi connectivity index (χ0n) is 10.9. The zero-order valence-corrected chi connectivity index (χ0v) is 11.7. The number of thiazole rings is 1. The van der Waals surface area contributed by atoms with Gasteiger partial charge in [-0.3, -0.25) is 4.79 Å². The van der Waals surface area contributed by atoms with Crippen molar-refractivity contribution in [2.75, 3.05) is 13.1 Å². The Morgan fingerprint density at radius 2 is 2.37 bits per heavy atom. The number of nitrogens with one attached hydrogen (secondary N) is 1. The second-order valence-corrected chi connectivity index (χ2v) is 5.31. The van der Waals surface area contributed by atoms with Gasteiger partial charge in [0.25, 0.3) is 0 Å². The molecule has 1 heterocycles. The van der Waals surface area contributed by atoms with Crippen LogP contribution < -0.4 is 5.32 Å². The molecule has 6 nitrogen and oxygen atoms in total. The van der Waals surface area contributed by atoms with Gasteiger partial charge >= 0.3 is 12.0 Å². The molecular weight excluding hydrogens is 266 g/mol. The van der Waals surface area contributed by atoms with E-state index >= 15 is 0 Å². The maximum Gasteiger partial charge on any atom is 0.323 e. The molecule has 0 saturated heterocycles. The van der Waals surface area contributed by atoms with Crippen LogP contribution in [0.1, 0.15) is 22.9 Å². The first-order chi connectivity index (χ1) is 8.93. The van der Waals surface area contributed by atoms with Crippen LogP contribution in [0.4, 0.5) is 4.79 Å². The van der Waals surface area contributed by atoms with Crippen molar-refractivity contribution in [3.05, 3.63) is 28.7 Å². The summed E-state index contributed by atoms with van der Waals surface area (Å²) < 4.78 is 0. The minimum absolute atomic E-state index is 0.182. The molecule has 19 heavy (non-hydrogen) atoms. The third-order valence-electron chi connectivity index (χ3n) is 2.31. The molecule has 0 bridgehead atoms. The lowest BCUT2D eigenvalue weighted by Gasteiger charge is -2.21.